The van der Waals surface area contributed by atoms with E-state index in [1.54, 1.807) is 12.1 Å². The topological polar surface area (TPSA) is 160 Å². The van der Waals surface area contributed by atoms with Gasteiger partial charge in [0.1, 0.15) is 21.9 Å². The Kier molecular flexibility index (Phi) is 6.92. The van der Waals surface area contributed by atoms with Crippen LogP contribution in [0.5, 0.6) is 5.75 Å². The van der Waals surface area contributed by atoms with Crippen molar-refractivity contribution in [3.8, 4) is 5.75 Å². The number of anilines is 1. The molecule has 0 unspecified atom stereocenters. The number of carbonyl (C=O) groups is 1. The van der Waals surface area contributed by atoms with Gasteiger partial charge in [-0.3, -0.25) is 19.3 Å². The maximum absolute atomic E-state index is 13.0. The molecule has 0 atom stereocenters. The van der Waals surface area contributed by atoms with Gasteiger partial charge in [-0.1, -0.05) is 24.6 Å². The molecule has 11 heteroatoms. The molecule has 0 saturated carbocycles. The Bertz CT molecular complexity index is 1080. The van der Waals surface area contributed by atoms with Crippen LogP contribution in [0.4, 0.5) is 5.69 Å². The summed E-state index contributed by atoms with van der Waals surface area (Å²) in [5.74, 6) is -0.967. The molecule has 2 heterocycles. The van der Waals surface area contributed by atoms with Gasteiger partial charge >= 0.3 is 0 Å². The minimum Gasteiger partial charge on any atom is -0.505 e. The Morgan fingerprint density at radius 1 is 1.34 bits per heavy atom. The molecule has 0 saturated heterocycles. The van der Waals surface area contributed by atoms with Gasteiger partial charge in [-0.05, 0) is 36.6 Å². The van der Waals surface area contributed by atoms with Crippen LogP contribution < -0.4 is 15.4 Å². The van der Waals surface area contributed by atoms with E-state index < -0.39 is 33.7 Å². The monoisotopic (exact) mass is 462 g/mol. The van der Waals surface area contributed by atoms with Gasteiger partial charge in [-0.25, -0.2) is 0 Å². The summed E-state index contributed by atoms with van der Waals surface area (Å²) in [6.07, 6.45) is 2.02. The highest BCUT2D eigenvalue weighted by atomic mass is 32.3. The number of furan rings is 1. The van der Waals surface area contributed by atoms with Gasteiger partial charge in [0.2, 0.25) is 0 Å². The maximum atomic E-state index is 13.0. The number of nitrogens with one attached hydrogen (secondary N) is 3. The zero-order chi connectivity index (χ0) is 23.5. The van der Waals surface area contributed by atoms with Crippen molar-refractivity contribution in [2.75, 3.05) is 19.0 Å². The first kappa shape index (κ1) is 23.4. The van der Waals surface area contributed by atoms with E-state index in [9.17, 15) is 19.0 Å². The minimum atomic E-state index is -3.72. The largest absolute Gasteiger partial charge is 0.505 e. The van der Waals surface area contributed by atoms with Crippen molar-refractivity contribution in [2.45, 2.75) is 25.2 Å². The lowest BCUT2D eigenvalue weighted by Crippen LogP contribution is -2.36. The molecule has 1 aliphatic rings. The molecule has 1 aliphatic heterocycles. The van der Waals surface area contributed by atoms with Gasteiger partial charge in [0.15, 0.2) is 17.4 Å². The highest BCUT2D eigenvalue weighted by Crippen LogP contribution is 2.56. The normalized spacial score (nSPS) is 16.2. The van der Waals surface area contributed by atoms with Crippen LogP contribution in [-0.2, 0) is 4.79 Å². The van der Waals surface area contributed by atoms with Crippen LogP contribution in [0.1, 0.15) is 26.0 Å². The molecule has 1 aromatic heterocycles. The number of ether oxygens (including phenoxy) is 1. The van der Waals surface area contributed by atoms with Gasteiger partial charge in [0.05, 0.1) is 19.1 Å². The second-order valence-electron chi connectivity index (χ2n) is 7.46. The summed E-state index contributed by atoms with van der Waals surface area (Å²) in [6, 6.07) is 7.56. The highest BCUT2D eigenvalue weighted by Gasteiger charge is 2.33. The zero-order valence-electron chi connectivity index (χ0n) is 17.9. The van der Waals surface area contributed by atoms with Crippen LogP contribution >= 0.6 is 10.8 Å². The van der Waals surface area contributed by atoms with Gasteiger partial charge in [0.25, 0.3) is 5.91 Å². The van der Waals surface area contributed by atoms with Crippen LogP contribution in [0.15, 0.2) is 61.6 Å². The van der Waals surface area contributed by atoms with Gasteiger partial charge < -0.3 is 24.9 Å². The lowest BCUT2D eigenvalue weighted by molar-refractivity contribution is -0.117. The number of hydrogen-bond donors (Lipinski definition) is 6. The van der Waals surface area contributed by atoms with E-state index in [1.165, 1.54) is 31.6 Å². The number of methoxy groups -OCH3 is 1. The third-order valence-electron chi connectivity index (χ3n) is 4.67. The fraction of sp³-hybridized carbons (Fsp3) is 0.286. The van der Waals surface area contributed by atoms with Crippen LogP contribution in [0.3, 0.4) is 0 Å². The molecule has 0 spiro atoms. The molecule has 0 fully saturated rings. The van der Waals surface area contributed by atoms with Crippen molar-refractivity contribution in [1.29, 1.82) is 5.41 Å². The Morgan fingerprint density at radius 2 is 2.09 bits per heavy atom. The number of amides is 1. The third-order valence-corrected chi connectivity index (χ3v) is 6.03. The first-order valence-electron chi connectivity index (χ1n) is 9.82. The van der Waals surface area contributed by atoms with Crippen molar-refractivity contribution in [1.82, 2.24) is 5.32 Å². The Morgan fingerprint density at radius 3 is 2.72 bits per heavy atom. The molecule has 10 nitrogen and oxygen atoms in total. The van der Waals surface area contributed by atoms with E-state index in [4.69, 9.17) is 14.6 Å². The number of carbonyl (C=O) groups excluding carboxylic acids is 1. The SMILES string of the molecule is COc1ccc2c(c1)S(O)(O)N=C(/C(C(=O)NCCC(C)C)=C(\O)C(=N)c1ccco1)N2. The number of nitrogens with zero attached hydrogens (tertiary/aromatic N) is 1. The molecular formula is C21H26N4O6S. The summed E-state index contributed by atoms with van der Waals surface area (Å²) in [5, 5.41) is 24.6. The van der Waals surface area contributed by atoms with Crippen LogP contribution in [-0.4, -0.2) is 45.3 Å². The number of amidine groups is 1. The number of rotatable bonds is 8. The lowest BCUT2D eigenvalue weighted by atomic mass is 10.1. The molecule has 172 valence electrons. The predicted octanol–water partition coefficient (Wildman–Crippen LogP) is 4.18. The Labute approximate surface area is 187 Å². The van der Waals surface area contributed by atoms with Crippen LogP contribution in [0.2, 0.25) is 0 Å². The first-order chi connectivity index (χ1) is 15.1. The number of aliphatic hydroxyl groups excluding tert-OH is 1. The van der Waals surface area contributed by atoms with E-state index >= 15 is 0 Å². The lowest BCUT2D eigenvalue weighted by Gasteiger charge is -2.34. The molecular weight excluding hydrogens is 436 g/mol. The first-order valence-corrected chi connectivity index (χ1v) is 11.3. The van der Waals surface area contributed by atoms with Crippen LogP contribution in [0.25, 0.3) is 0 Å². The maximum Gasteiger partial charge on any atom is 0.258 e. The molecule has 0 bridgehead atoms. The smallest absolute Gasteiger partial charge is 0.258 e. The Balaban J connectivity index is 2.05. The summed E-state index contributed by atoms with van der Waals surface area (Å²) >= 11 is 0. The molecule has 0 aliphatic carbocycles. The summed E-state index contributed by atoms with van der Waals surface area (Å²) in [4.78, 5) is 13.1. The number of hydrogen-bond acceptors (Lipinski definition) is 9. The van der Waals surface area contributed by atoms with E-state index in [2.05, 4.69) is 15.0 Å². The van der Waals surface area contributed by atoms with E-state index in [1.807, 2.05) is 13.8 Å². The minimum absolute atomic E-state index is 0.0307. The summed E-state index contributed by atoms with van der Waals surface area (Å²) in [5.41, 5.74) is -0.581. The Hall–Kier alpha value is -3.28. The number of aliphatic hydroxyl groups is 1. The second-order valence-corrected chi connectivity index (χ2v) is 9.12. The van der Waals surface area contributed by atoms with Crippen molar-refractivity contribution >= 4 is 33.9 Å². The highest BCUT2D eigenvalue weighted by molar-refractivity contribution is 8.23. The van der Waals surface area contributed by atoms with Crippen molar-refractivity contribution in [2.24, 2.45) is 10.3 Å². The third kappa shape index (κ3) is 4.96. The average Bonchev–Trinajstić information content (AvgIpc) is 3.27. The van der Waals surface area contributed by atoms with E-state index in [0.717, 1.165) is 0 Å². The van der Waals surface area contributed by atoms with E-state index in [0.29, 0.717) is 24.6 Å². The fourth-order valence-corrected chi connectivity index (χ4v) is 4.13. The predicted molar refractivity (Wildman–Crippen MR) is 123 cm³/mol. The van der Waals surface area contributed by atoms with Gasteiger partial charge in [-0.15, -0.1) is 4.40 Å². The molecule has 3 rings (SSSR count). The molecule has 1 aromatic carbocycles. The second kappa shape index (κ2) is 9.47. The standard InChI is InChI=1S/C21H26N4O6S/c1-12(2)8-9-23-21(27)17(19(26)18(22)15-5-4-10-31-15)20-24-14-7-6-13(30-3)11-16(14)32(28,29)25-20/h4-7,10-12,22,26,28-29H,8-9H2,1-3H3,(H,23,27)(H,24,25)/b19-17+,22-18?. The molecule has 2 aromatic rings. The molecule has 6 N–H and O–H groups in total. The number of fused-ring (bicyclic) bond motifs is 1. The molecule has 32 heavy (non-hydrogen) atoms. The zero-order valence-corrected chi connectivity index (χ0v) is 18.7. The number of allylic oxidation sites excluding steroid dienone is 1. The number of benzene rings is 1. The molecule has 1 amide bonds. The summed E-state index contributed by atoms with van der Waals surface area (Å²) in [6.45, 7) is 4.32. The van der Waals surface area contributed by atoms with Crippen molar-refractivity contribution in [3.63, 3.8) is 0 Å². The summed E-state index contributed by atoms with van der Waals surface area (Å²) < 4.78 is 35.5. The fourth-order valence-electron chi connectivity index (χ4n) is 2.95. The van der Waals surface area contributed by atoms with Crippen molar-refractivity contribution in [3.05, 3.63) is 53.7 Å². The summed E-state index contributed by atoms with van der Waals surface area (Å²) in [7, 11) is -2.28. The van der Waals surface area contributed by atoms with Gasteiger partial charge in [0, 0.05) is 12.6 Å². The van der Waals surface area contributed by atoms with Gasteiger partial charge in [-0.2, -0.15) is 0 Å². The average molecular weight is 463 g/mol. The van der Waals surface area contributed by atoms with Crippen LogP contribution in [0, 0.1) is 11.3 Å². The quantitative estimate of drug-likeness (QED) is 0.195. The molecule has 0 radical (unpaired) electrons. The van der Waals surface area contributed by atoms with E-state index in [-0.39, 0.29) is 22.2 Å². The van der Waals surface area contributed by atoms with Crippen molar-refractivity contribution < 1.29 is 28.2 Å².